The highest BCUT2D eigenvalue weighted by Gasteiger charge is 2.21. The molecule has 4 nitrogen and oxygen atoms in total. The Bertz CT molecular complexity index is 234. The second-order valence-corrected chi connectivity index (χ2v) is 4.93. The minimum absolute atomic E-state index is 0.611. The van der Waals surface area contributed by atoms with Crippen molar-refractivity contribution in [3.63, 3.8) is 0 Å². The van der Waals surface area contributed by atoms with E-state index in [4.69, 9.17) is 5.26 Å². The lowest BCUT2D eigenvalue weighted by Crippen LogP contribution is -2.46. The summed E-state index contributed by atoms with van der Waals surface area (Å²) >= 11 is 0. The van der Waals surface area contributed by atoms with Crippen LogP contribution in [0.3, 0.4) is 0 Å². The van der Waals surface area contributed by atoms with E-state index in [9.17, 15) is 0 Å². The Balaban J connectivity index is 1.66. The molecule has 0 aromatic carbocycles. The second-order valence-electron chi connectivity index (χ2n) is 4.93. The average Bonchev–Trinajstić information content (AvgIpc) is 2.33. The van der Waals surface area contributed by atoms with Crippen LogP contribution in [0.25, 0.3) is 0 Å². The smallest absolute Gasteiger partial charge is 0.0865 e. The topological polar surface area (TPSA) is 42.3 Å². The summed E-state index contributed by atoms with van der Waals surface area (Å²) in [4.78, 5) is 4.86. The lowest BCUT2D eigenvalue weighted by atomic mass is 9.96. The highest BCUT2D eigenvalue weighted by Crippen LogP contribution is 2.18. The van der Waals surface area contributed by atoms with Gasteiger partial charge < -0.3 is 10.2 Å². The highest BCUT2D eigenvalue weighted by molar-refractivity contribution is 4.82. The lowest BCUT2D eigenvalue weighted by Gasteiger charge is -2.35. The molecule has 2 rings (SSSR count). The fourth-order valence-corrected chi connectivity index (χ4v) is 2.69. The molecule has 2 heterocycles. The first-order valence-corrected chi connectivity index (χ1v) is 6.41. The number of nitrogens with one attached hydrogen (secondary N) is 1. The van der Waals surface area contributed by atoms with Crippen molar-refractivity contribution >= 4 is 0 Å². The van der Waals surface area contributed by atoms with E-state index in [1.54, 1.807) is 0 Å². The van der Waals surface area contributed by atoms with E-state index in [0.29, 0.717) is 6.54 Å². The highest BCUT2D eigenvalue weighted by atomic mass is 15.2. The number of nitrogens with zero attached hydrogens (tertiary/aromatic N) is 3. The summed E-state index contributed by atoms with van der Waals surface area (Å²) in [5, 5.41) is 12.0. The first-order valence-electron chi connectivity index (χ1n) is 6.41. The zero-order valence-electron chi connectivity index (χ0n) is 9.99. The van der Waals surface area contributed by atoms with Crippen molar-refractivity contribution in [2.24, 2.45) is 5.92 Å². The van der Waals surface area contributed by atoms with E-state index in [0.717, 1.165) is 32.1 Å². The van der Waals surface area contributed by atoms with Gasteiger partial charge in [-0.3, -0.25) is 4.90 Å². The van der Waals surface area contributed by atoms with Gasteiger partial charge in [-0.05, 0) is 31.8 Å². The molecule has 0 bridgehead atoms. The van der Waals surface area contributed by atoms with Gasteiger partial charge in [0.2, 0.25) is 0 Å². The van der Waals surface area contributed by atoms with Crippen LogP contribution in [0.2, 0.25) is 0 Å². The molecule has 2 fully saturated rings. The van der Waals surface area contributed by atoms with Gasteiger partial charge in [-0.25, -0.2) is 0 Å². The zero-order valence-corrected chi connectivity index (χ0v) is 9.99. The largest absolute Gasteiger partial charge is 0.314 e. The maximum atomic E-state index is 8.64. The van der Waals surface area contributed by atoms with E-state index in [-0.39, 0.29) is 0 Å². The van der Waals surface area contributed by atoms with Gasteiger partial charge in [0, 0.05) is 32.7 Å². The van der Waals surface area contributed by atoms with Crippen LogP contribution >= 0.6 is 0 Å². The van der Waals surface area contributed by atoms with Gasteiger partial charge in [0.15, 0.2) is 0 Å². The van der Waals surface area contributed by atoms with Crippen molar-refractivity contribution in [1.82, 2.24) is 15.1 Å². The van der Waals surface area contributed by atoms with Crippen LogP contribution in [0.5, 0.6) is 0 Å². The molecule has 0 radical (unpaired) electrons. The maximum absolute atomic E-state index is 8.64. The van der Waals surface area contributed by atoms with Gasteiger partial charge >= 0.3 is 0 Å². The van der Waals surface area contributed by atoms with E-state index < -0.39 is 0 Å². The minimum Gasteiger partial charge on any atom is -0.314 e. The fraction of sp³-hybridized carbons (Fsp3) is 0.917. The number of piperidine rings is 1. The Morgan fingerprint density at radius 3 is 2.38 bits per heavy atom. The van der Waals surface area contributed by atoms with Gasteiger partial charge in [-0.1, -0.05) is 0 Å². The van der Waals surface area contributed by atoms with Crippen LogP contribution < -0.4 is 5.32 Å². The normalized spacial score (nSPS) is 25.4. The summed E-state index contributed by atoms with van der Waals surface area (Å²) in [6, 6.07) is 2.24. The monoisotopic (exact) mass is 222 g/mol. The number of hydrogen-bond donors (Lipinski definition) is 1. The summed E-state index contributed by atoms with van der Waals surface area (Å²) in [5.41, 5.74) is 0. The standard InChI is InChI=1S/C12H22N4/c13-3-8-15-6-1-12(2-7-15)11-16-9-4-14-5-10-16/h12,14H,1-2,4-11H2. The molecular weight excluding hydrogens is 200 g/mol. The second kappa shape index (κ2) is 6.19. The molecule has 16 heavy (non-hydrogen) atoms. The Labute approximate surface area is 98.2 Å². The Kier molecular flexibility index (Phi) is 4.58. The molecular formula is C12H22N4. The third-order valence-electron chi connectivity index (χ3n) is 3.73. The molecule has 0 spiro atoms. The molecule has 0 aromatic heterocycles. The molecule has 90 valence electrons. The zero-order chi connectivity index (χ0) is 11.2. The molecule has 0 unspecified atom stereocenters. The maximum Gasteiger partial charge on any atom is 0.0865 e. The van der Waals surface area contributed by atoms with E-state index in [1.807, 2.05) is 0 Å². The predicted octanol–water partition coefficient (Wildman–Crippen LogP) is 0.127. The van der Waals surface area contributed by atoms with Gasteiger partial charge in [0.05, 0.1) is 12.6 Å². The quantitative estimate of drug-likeness (QED) is 0.689. The van der Waals surface area contributed by atoms with Gasteiger partial charge in [-0.2, -0.15) is 5.26 Å². The van der Waals surface area contributed by atoms with Gasteiger partial charge in [-0.15, -0.1) is 0 Å². The number of hydrogen-bond acceptors (Lipinski definition) is 4. The molecule has 1 N–H and O–H groups in total. The van der Waals surface area contributed by atoms with Crippen LogP contribution in [0.15, 0.2) is 0 Å². The van der Waals surface area contributed by atoms with Crippen LogP contribution in [-0.4, -0.2) is 62.2 Å². The van der Waals surface area contributed by atoms with Crippen molar-refractivity contribution in [3.05, 3.63) is 0 Å². The first kappa shape index (κ1) is 11.8. The SMILES string of the molecule is N#CCN1CCC(CN2CCNCC2)CC1. The third kappa shape index (κ3) is 3.44. The van der Waals surface area contributed by atoms with Gasteiger partial charge in [0.25, 0.3) is 0 Å². The molecule has 0 aliphatic carbocycles. The Hall–Kier alpha value is -0.630. The number of piperazine rings is 1. The minimum atomic E-state index is 0.611. The van der Waals surface area contributed by atoms with E-state index in [1.165, 1.54) is 32.5 Å². The molecule has 0 aromatic rings. The van der Waals surface area contributed by atoms with Crippen molar-refractivity contribution in [1.29, 1.82) is 5.26 Å². The van der Waals surface area contributed by atoms with Gasteiger partial charge in [0.1, 0.15) is 0 Å². The summed E-state index contributed by atoms with van der Waals surface area (Å²) in [7, 11) is 0. The fourth-order valence-electron chi connectivity index (χ4n) is 2.69. The van der Waals surface area contributed by atoms with Crippen LogP contribution in [0.1, 0.15) is 12.8 Å². The summed E-state index contributed by atoms with van der Waals surface area (Å²) < 4.78 is 0. The number of rotatable bonds is 3. The number of likely N-dealkylation sites (tertiary alicyclic amines) is 1. The Morgan fingerprint density at radius 2 is 1.75 bits per heavy atom. The Morgan fingerprint density at radius 1 is 1.06 bits per heavy atom. The van der Waals surface area contributed by atoms with Crippen LogP contribution in [0.4, 0.5) is 0 Å². The molecule has 0 amide bonds. The van der Waals surface area contributed by atoms with E-state index in [2.05, 4.69) is 21.2 Å². The van der Waals surface area contributed by atoms with E-state index >= 15 is 0 Å². The van der Waals surface area contributed by atoms with Crippen molar-refractivity contribution in [2.45, 2.75) is 12.8 Å². The first-order chi connectivity index (χ1) is 7.88. The molecule has 0 saturated carbocycles. The van der Waals surface area contributed by atoms with Crippen LogP contribution in [0, 0.1) is 17.2 Å². The third-order valence-corrected chi connectivity index (χ3v) is 3.73. The molecule has 2 saturated heterocycles. The molecule has 4 heteroatoms. The molecule has 2 aliphatic rings. The van der Waals surface area contributed by atoms with Crippen molar-refractivity contribution in [3.8, 4) is 6.07 Å². The van der Waals surface area contributed by atoms with Crippen LogP contribution in [-0.2, 0) is 0 Å². The number of nitriles is 1. The average molecular weight is 222 g/mol. The summed E-state index contributed by atoms with van der Waals surface area (Å²) in [6.45, 7) is 8.81. The van der Waals surface area contributed by atoms with Crippen molar-refractivity contribution < 1.29 is 0 Å². The van der Waals surface area contributed by atoms with Crippen molar-refractivity contribution in [2.75, 3.05) is 52.4 Å². The predicted molar refractivity (Wildman–Crippen MR) is 64.1 cm³/mol. The summed E-state index contributed by atoms with van der Waals surface area (Å²) in [5.74, 6) is 0.855. The molecule has 2 aliphatic heterocycles. The lowest BCUT2D eigenvalue weighted by molar-refractivity contribution is 0.143. The summed E-state index contributed by atoms with van der Waals surface area (Å²) in [6.07, 6.45) is 2.54. The molecule has 0 atom stereocenters.